The Labute approximate surface area is 141 Å². The van der Waals surface area contributed by atoms with Crippen molar-refractivity contribution in [2.75, 3.05) is 13.1 Å². The smallest absolute Gasteiger partial charge is 0.233 e. The lowest BCUT2D eigenvalue weighted by molar-refractivity contribution is -0.133. The van der Waals surface area contributed by atoms with Crippen molar-refractivity contribution in [2.45, 2.75) is 31.1 Å². The van der Waals surface area contributed by atoms with E-state index < -0.39 is 5.41 Å². The van der Waals surface area contributed by atoms with Gasteiger partial charge >= 0.3 is 0 Å². The van der Waals surface area contributed by atoms with Crippen LogP contribution in [-0.2, 0) is 23.7 Å². The Bertz CT molecular complexity index is 765. The zero-order chi connectivity index (χ0) is 16.7. The summed E-state index contributed by atoms with van der Waals surface area (Å²) in [6, 6.07) is 6.72. The molecule has 2 aliphatic rings. The Morgan fingerprint density at radius 2 is 2.17 bits per heavy atom. The van der Waals surface area contributed by atoms with Crippen LogP contribution in [-0.4, -0.2) is 33.7 Å². The highest BCUT2D eigenvalue weighted by molar-refractivity contribution is 5.91. The van der Waals surface area contributed by atoms with Gasteiger partial charge in [0.1, 0.15) is 5.82 Å². The first-order valence-corrected chi connectivity index (χ1v) is 8.60. The zero-order valence-corrected chi connectivity index (χ0v) is 13.9. The molecule has 1 aliphatic heterocycles. The number of aromatic nitrogens is 2. The minimum absolute atomic E-state index is 0.112. The molecule has 1 unspecified atom stereocenters. The molecule has 4 nitrogen and oxygen atoms in total. The van der Waals surface area contributed by atoms with Gasteiger partial charge in [-0.1, -0.05) is 18.2 Å². The molecule has 2 aromatic rings. The van der Waals surface area contributed by atoms with Crippen molar-refractivity contribution in [1.29, 1.82) is 0 Å². The summed E-state index contributed by atoms with van der Waals surface area (Å²) < 4.78 is 16.0. The van der Waals surface area contributed by atoms with Gasteiger partial charge in [0, 0.05) is 31.9 Å². The van der Waals surface area contributed by atoms with Crippen LogP contribution < -0.4 is 0 Å². The first kappa shape index (κ1) is 15.4. The summed E-state index contributed by atoms with van der Waals surface area (Å²) in [5, 5.41) is 4.21. The van der Waals surface area contributed by atoms with E-state index in [0.717, 1.165) is 38.8 Å². The molecule has 0 bridgehead atoms. The average Bonchev–Trinajstić information content (AvgIpc) is 3.07. The fraction of sp³-hybridized carbons (Fsp3) is 0.474. The van der Waals surface area contributed by atoms with Gasteiger partial charge in [0.2, 0.25) is 5.91 Å². The first-order chi connectivity index (χ1) is 11.6. The van der Waals surface area contributed by atoms with Crippen molar-refractivity contribution in [3.8, 4) is 0 Å². The average molecular weight is 327 g/mol. The Morgan fingerprint density at radius 3 is 2.83 bits per heavy atom. The molecule has 1 aromatic heterocycles. The van der Waals surface area contributed by atoms with Crippen LogP contribution in [0.2, 0.25) is 0 Å². The summed E-state index contributed by atoms with van der Waals surface area (Å²) in [5.74, 6) is 0.324. The van der Waals surface area contributed by atoms with Crippen LogP contribution in [0.3, 0.4) is 0 Å². The molecule has 0 radical (unpaired) electrons. The molecular formula is C19H22FN3O. The predicted molar refractivity (Wildman–Crippen MR) is 88.9 cm³/mol. The van der Waals surface area contributed by atoms with E-state index in [2.05, 4.69) is 5.10 Å². The van der Waals surface area contributed by atoms with Gasteiger partial charge in [-0.15, -0.1) is 0 Å². The second kappa shape index (κ2) is 5.72. The van der Waals surface area contributed by atoms with E-state index in [-0.39, 0.29) is 11.7 Å². The van der Waals surface area contributed by atoms with Crippen LogP contribution in [0.4, 0.5) is 4.39 Å². The largest absolute Gasteiger partial charge is 0.342 e. The predicted octanol–water partition coefficient (Wildman–Crippen LogP) is 2.68. The number of nitrogens with zero attached hydrogens (tertiary/aromatic N) is 3. The molecule has 2 fully saturated rings. The summed E-state index contributed by atoms with van der Waals surface area (Å²) in [6.07, 6.45) is 7.41. The van der Waals surface area contributed by atoms with Crippen molar-refractivity contribution in [1.82, 2.24) is 14.7 Å². The lowest BCUT2D eigenvalue weighted by Gasteiger charge is -2.24. The molecule has 0 spiro atoms. The molecule has 1 amide bonds. The van der Waals surface area contributed by atoms with E-state index in [0.29, 0.717) is 11.5 Å². The SMILES string of the molecule is Cn1cc(CC2CCN(C(=O)C3(c4ccccc4F)CC3)C2)cn1. The topological polar surface area (TPSA) is 38.1 Å². The molecule has 1 saturated carbocycles. The van der Waals surface area contributed by atoms with Gasteiger partial charge in [-0.05, 0) is 43.2 Å². The number of rotatable bonds is 4. The number of carbonyl (C=O) groups is 1. The quantitative estimate of drug-likeness (QED) is 0.866. The number of halogens is 1. The Morgan fingerprint density at radius 1 is 1.38 bits per heavy atom. The molecule has 1 aromatic carbocycles. The van der Waals surface area contributed by atoms with E-state index in [1.165, 1.54) is 11.6 Å². The van der Waals surface area contributed by atoms with Gasteiger partial charge in [-0.25, -0.2) is 4.39 Å². The molecule has 24 heavy (non-hydrogen) atoms. The number of carbonyl (C=O) groups excluding carboxylic acids is 1. The number of amides is 1. The standard InChI is InChI=1S/C19H22FN3O/c1-22-12-15(11-21-22)10-14-6-9-23(13-14)18(24)19(7-8-19)16-4-2-3-5-17(16)20/h2-5,11-12,14H,6-10,13H2,1H3. The molecular weight excluding hydrogens is 305 g/mol. The number of aryl methyl sites for hydroxylation is 1. The highest BCUT2D eigenvalue weighted by Crippen LogP contribution is 2.51. The summed E-state index contributed by atoms with van der Waals surface area (Å²) in [7, 11) is 1.92. The molecule has 1 atom stereocenters. The third kappa shape index (κ3) is 2.62. The lowest BCUT2D eigenvalue weighted by atomic mass is 9.93. The van der Waals surface area contributed by atoms with E-state index in [1.807, 2.05) is 35.1 Å². The van der Waals surface area contributed by atoms with Crippen molar-refractivity contribution >= 4 is 5.91 Å². The van der Waals surface area contributed by atoms with Crippen LogP contribution in [0.25, 0.3) is 0 Å². The van der Waals surface area contributed by atoms with Crippen LogP contribution in [0.1, 0.15) is 30.4 Å². The van der Waals surface area contributed by atoms with Gasteiger partial charge in [-0.3, -0.25) is 9.48 Å². The number of hydrogen-bond acceptors (Lipinski definition) is 2. The molecule has 2 heterocycles. The normalized spacial score (nSPS) is 21.9. The maximum absolute atomic E-state index is 14.2. The highest BCUT2D eigenvalue weighted by Gasteiger charge is 2.54. The molecule has 1 aliphatic carbocycles. The minimum Gasteiger partial charge on any atom is -0.342 e. The number of benzene rings is 1. The Hall–Kier alpha value is -2.17. The summed E-state index contributed by atoms with van der Waals surface area (Å²) in [4.78, 5) is 15.0. The fourth-order valence-electron chi connectivity index (χ4n) is 3.97. The molecule has 0 N–H and O–H groups in total. The van der Waals surface area contributed by atoms with Crippen molar-refractivity contribution in [2.24, 2.45) is 13.0 Å². The van der Waals surface area contributed by atoms with Crippen LogP contribution >= 0.6 is 0 Å². The van der Waals surface area contributed by atoms with E-state index in [9.17, 15) is 9.18 Å². The minimum atomic E-state index is -0.603. The maximum Gasteiger partial charge on any atom is 0.233 e. The molecule has 5 heteroatoms. The molecule has 1 saturated heterocycles. The summed E-state index contributed by atoms with van der Waals surface area (Å²) in [6.45, 7) is 1.55. The zero-order valence-electron chi connectivity index (χ0n) is 13.9. The Kier molecular flexibility index (Phi) is 3.66. The second-order valence-corrected chi connectivity index (χ2v) is 7.19. The van der Waals surface area contributed by atoms with E-state index in [1.54, 1.807) is 12.1 Å². The molecule has 4 rings (SSSR count). The van der Waals surface area contributed by atoms with Crippen LogP contribution in [0.5, 0.6) is 0 Å². The van der Waals surface area contributed by atoms with Gasteiger partial charge in [0.25, 0.3) is 0 Å². The number of hydrogen-bond donors (Lipinski definition) is 0. The van der Waals surface area contributed by atoms with E-state index >= 15 is 0 Å². The summed E-state index contributed by atoms with van der Waals surface area (Å²) in [5.41, 5.74) is 1.19. The van der Waals surface area contributed by atoms with E-state index in [4.69, 9.17) is 0 Å². The van der Waals surface area contributed by atoms with Crippen LogP contribution in [0, 0.1) is 11.7 Å². The maximum atomic E-state index is 14.2. The monoisotopic (exact) mass is 327 g/mol. The van der Waals surface area contributed by atoms with Crippen molar-refractivity contribution in [3.05, 3.63) is 53.6 Å². The third-order valence-electron chi connectivity index (χ3n) is 5.40. The Balaban J connectivity index is 1.45. The second-order valence-electron chi connectivity index (χ2n) is 7.19. The fourth-order valence-corrected chi connectivity index (χ4v) is 3.97. The summed E-state index contributed by atoms with van der Waals surface area (Å²) >= 11 is 0. The molecule has 126 valence electrons. The first-order valence-electron chi connectivity index (χ1n) is 8.60. The highest BCUT2D eigenvalue weighted by atomic mass is 19.1. The van der Waals surface area contributed by atoms with Crippen molar-refractivity contribution in [3.63, 3.8) is 0 Å². The van der Waals surface area contributed by atoms with Gasteiger partial charge < -0.3 is 4.90 Å². The van der Waals surface area contributed by atoms with Crippen LogP contribution in [0.15, 0.2) is 36.7 Å². The van der Waals surface area contributed by atoms with Gasteiger partial charge in [0.15, 0.2) is 0 Å². The third-order valence-corrected chi connectivity index (χ3v) is 5.40. The van der Waals surface area contributed by atoms with Gasteiger partial charge in [-0.2, -0.15) is 5.10 Å². The lowest BCUT2D eigenvalue weighted by Crippen LogP contribution is -2.38. The van der Waals surface area contributed by atoms with Crippen molar-refractivity contribution < 1.29 is 9.18 Å². The number of likely N-dealkylation sites (tertiary alicyclic amines) is 1. The van der Waals surface area contributed by atoms with Gasteiger partial charge in [0.05, 0.1) is 11.6 Å².